The van der Waals surface area contributed by atoms with E-state index in [9.17, 15) is 4.79 Å². The molecular formula is C30H34Cl2N6O3. The maximum atomic E-state index is 11.1. The second-order valence-electron chi connectivity index (χ2n) is 11.5. The van der Waals surface area contributed by atoms with E-state index >= 15 is 0 Å². The Bertz CT molecular complexity index is 1380. The molecular weight excluding hydrogens is 563 g/mol. The smallest absolute Gasteiger partial charge is 0.303 e. The summed E-state index contributed by atoms with van der Waals surface area (Å²) in [4.78, 5) is 32.1. The van der Waals surface area contributed by atoms with Gasteiger partial charge in [0.05, 0.1) is 18.1 Å². The van der Waals surface area contributed by atoms with E-state index < -0.39 is 5.97 Å². The molecule has 0 bridgehead atoms. The quantitative estimate of drug-likeness (QED) is 0.363. The van der Waals surface area contributed by atoms with Crippen molar-refractivity contribution in [2.75, 3.05) is 44.7 Å². The molecule has 0 amide bonds. The standard InChI is InChI=1S/C30H34Cl2N6O3/c1-36-17-22-18-38(7-4-27(22)36)30-33-14-25(15-34-30)41-28-9-20(16-37-5-2-19(3-6-37)10-29(39)40)8-26(35-28)21-11-23(31)13-24(32)12-21/h8-9,11-15,19,22,27H,2-7,10,16-18H2,1H3,(H,39,40)/t22-,27?/m1/s1. The Labute approximate surface area is 250 Å². The molecule has 5 heterocycles. The van der Waals surface area contributed by atoms with Crippen molar-refractivity contribution in [2.24, 2.45) is 11.8 Å². The van der Waals surface area contributed by atoms with Gasteiger partial charge in [-0.3, -0.25) is 9.69 Å². The molecule has 0 aliphatic carbocycles. The van der Waals surface area contributed by atoms with Crippen molar-refractivity contribution < 1.29 is 14.6 Å². The first kappa shape index (κ1) is 28.2. The van der Waals surface area contributed by atoms with Gasteiger partial charge in [0.15, 0.2) is 5.75 Å². The Morgan fingerprint density at radius 1 is 1.00 bits per heavy atom. The first-order valence-corrected chi connectivity index (χ1v) is 14.9. The van der Waals surface area contributed by atoms with Crippen LogP contribution in [0.5, 0.6) is 11.6 Å². The van der Waals surface area contributed by atoms with Crippen LogP contribution in [0.25, 0.3) is 11.3 Å². The molecule has 41 heavy (non-hydrogen) atoms. The SMILES string of the molecule is CN1C[C@@H]2CN(c3ncc(Oc4cc(CN5CCC(CC(=O)O)CC5)cc(-c5cc(Cl)cc(Cl)c5)n4)cn3)CCC21. The average Bonchev–Trinajstić information content (AvgIpc) is 2.93. The number of aromatic nitrogens is 3. The number of halogens is 2. The average molecular weight is 598 g/mol. The number of pyridine rings is 1. The lowest BCUT2D eigenvalue weighted by Gasteiger charge is -2.51. The molecule has 6 rings (SSSR count). The van der Waals surface area contributed by atoms with Gasteiger partial charge < -0.3 is 19.6 Å². The van der Waals surface area contributed by atoms with Crippen molar-refractivity contribution in [3.63, 3.8) is 0 Å². The molecule has 1 N–H and O–H groups in total. The van der Waals surface area contributed by atoms with Crippen molar-refractivity contribution in [3.05, 3.63) is 58.3 Å². The Kier molecular flexibility index (Phi) is 8.30. The zero-order valence-electron chi connectivity index (χ0n) is 23.0. The van der Waals surface area contributed by atoms with E-state index in [0.29, 0.717) is 45.9 Å². The van der Waals surface area contributed by atoms with Crippen LogP contribution in [-0.4, -0.2) is 81.6 Å². The third-order valence-corrected chi connectivity index (χ3v) is 8.94. The molecule has 0 radical (unpaired) electrons. The van der Waals surface area contributed by atoms with Gasteiger partial charge >= 0.3 is 5.97 Å². The van der Waals surface area contributed by atoms with E-state index in [0.717, 1.165) is 69.1 Å². The number of aliphatic carboxylic acids is 1. The number of rotatable bonds is 8. The zero-order valence-corrected chi connectivity index (χ0v) is 24.6. The van der Waals surface area contributed by atoms with E-state index in [4.69, 9.17) is 38.0 Å². The van der Waals surface area contributed by atoms with Crippen LogP contribution in [0.3, 0.4) is 0 Å². The van der Waals surface area contributed by atoms with E-state index in [1.807, 2.05) is 24.3 Å². The maximum Gasteiger partial charge on any atom is 0.303 e. The van der Waals surface area contributed by atoms with Gasteiger partial charge in [-0.25, -0.2) is 15.0 Å². The lowest BCUT2D eigenvalue weighted by Crippen LogP contribution is -2.62. The van der Waals surface area contributed by atoms with Crippen LogP contribution in [0.1, 0.15) is 31.2 Å². The molecule has 2 atom stereocenters. The molecule has 3 aromatic rings. The highest BCUT2D eigenvalue weighted by atomic mass is 35.5. The molecule has 3 fully saturated rings. The number of nitrogens with zero attached hydrogens (tertiary/aromatic N) is 6. The number of anilines is 1. The summed E-state index contributed by atoms with van der Waals surface area (Å²) in [6.07, 6.45) is 6.52. The van der Waals surface area contributed by atoms with Crippen LogP contribution < -0.4 is 9.64 Å². The lowest BCUT2D eigenvalue weighted by molar-refractivity contribution is -0.138. The molecule has 11 heteroatoms. The summed E-state index contributed by atoms with van der Waals surface area (Å²) in [5, 5.41) is 10.2. The van der Waals surface area contributed by atoms with Crippen molar-refractivity contribution in [2.45, 2.75) is 38.3 Å². The minimum Gasteiger partial charge on any atom is -0.481 e. The third-order valence-electron chi connectivity index (χ3n) is 8.50. The molecule has 1 aromatic carbocycles. The Morgan fingerprint density at radius 3 is 2.39 bits per heavy atom. The molecule has 3 saturated heterocycles. The van der Waals surface area contributed by atoms with Gasteiger partial charge in [-0.05, 0) is 75.1 Å². The number of carboxylic acids is 1. The summed E-state index contributed by atoms with van der Waals surface area (Å²) in [5.74, 6) is 1.87. The van der Waals surface area contributed by atoms with Gasteiger partial charge in [-0.2, -0.15) is 0 Å². The molecule has 0 saturated carbocycles. The number of hydrogen-bond acceptors (Lipinski definition) is 8. The molecule has 3 aliphatic heterocycles. The fourth-order valence-electron chi connectivity index (χ4n) is 6.38. The van der Waals surface area contributed by atoms with E-state index in [1.165, 1.54) is 0 Å². The number of carbonyl (C=O) groups is 1. The Hall–Kier alpha value is -2.98. The van der Waals surface area contributed by atoms with Gasteiger partial charge in [0.1, 0.15) is 0 Å². The van der Waals surface area contributed by atoms with Gasteiger partial charge in [0.25, 0.3) is 0 Å². The first-order valence-electron chi connectivity index (χ1n) is 14.2. The number of ether oxygens (including phenoxy) is 1. The summed E-state index contributed by atoms with van der Waals surface area (Å²) < 4.78 is 6.19. The van der Waals surface area contributed by atoms with E-state index in [-0.39, 0.29) is 12.3 Å². The van der Waals surface area contributed by atoms with E-state index in [2.05, 4.69) is 31.7 Å². The van der Waals surface area contributed by atoms with Gasteiger partial charge in [0.2, 0.25) is 11.8 Å². The van der Waals surface area contributed by atoms with E-state index in [1.54, 1.807) is 18.5 Å². The molecule has 2 aromatic heterocycles. The van der Waals surface area contributed by atoms with Gasteiger partial charge in [0, 0.05) is 66.2 Å². The number of benzene rings is 1. The van der Waals surface area contributed by atoms with Crippen LogP contribution in [0.4, 0.5) is 5.95 Å². The summed E-state index contributed by atoms with van der Waals surface area (Å²) >= 11 is 12.6. The van der Waals surface area contributed by atoms with Crippen molar-refractivity contribution >= 4 is 35.1 Å². The second-order valence-corrected chi connectivity index (χ2v) is 12.4. The number of fused-ring (bicyclic) bond motifs is 1. The summed E-state index contributed by atoms with van der Waals surface area (Å²) in [6.45, 7) is 5.45. The van der Waals surface area contributed by atoms with Crippen LogP contribution in [0.2, 0.25) is 10.0 Å². The highest BCUT2D eigenvalue weighted by molar-refractivity contribution is 6.35. The Morgan fingerprint density at radius 2 is 1.73 bits per heavy atom. The summed E-state index contributed by atoms with van der Waals surface area (Å²) in [6, 6.07) is 10.0. The minimum absolute atomic E-state index is 0.230. The molecule has 9 nitrogen and oxygen atoms in total. The van der Waals surface area contributed by atoms with Crippen molar-refractivity contribution in [3.8, 4) is 22.9 Å². The van der Waals surface area contributed by atoms with Crippen LogP contribution in [-0.2, 0) is 11.3 Å². The van der Waals surface area contributed by atoms with Crippen molar-refractivity contribution in [1.29, 1.82) is 0 Å². The normalized spacial score (nSPS) is 21.8. The summed E-state index contributed by atoms with van der Waals surface area (Å²) in [7, 11) is 2.19. The van der Waals surface area contributed by atoms with Crippen molar-refractivity contribution in [1.82, 2.24) is 24.8 Å². The molecule has 0 spiro atoms. The number of likely N-dealkylation sites (tertiary alicyclic amines) is 2. The largest absolute Gasteiger partial charge is 0.481 e. The van der Waals surface area contributed by atoms with Gasteiger partial charge in [-0.15, -0.1) is 0 Å². The van der Waals surface area contributed by atoms with Crippen LogP contribution in [0.15, 0.2) is 42.7 Å². The highest BCUT2D eigenvalue weighted by Gasteiger charge is 2.40. The fourth-order valence-corrected chi connectivity index (χ4v) is 6.91. The highest BCUT2D eigenvalue weighted by Crippen LogP contribution is 2.33. The number of carboxylic acid groups (broad SMARTS) is 1. The zero-order chi connectivity index (χ0) is 28.5. The summed E-state index contributed by atoms with van der Waals surface area (Å²) in [5.41, 5.74) is 2.53. The minimum atomic E-state index is -0.725. The fraction of sp³-hybridized carbons (Fsp3) is 0.467. The second kappa shape index (κ2) is 12.1. The number of hydrogen-bond donors (Lipinski definition) is 1. The van der Waals surface area contributed by atoms with Gasteiger partial charge in [-0.1, -0.05) is 23.2 Å². The molecule has 3 aliphatic rings. The first-order chi connectivity index (χ1) is 19.8. The maximum absolute atomic E-state index is 11.1. The number of piperidine rings is 2. The Balaban J connectivity index is 1.19. The predicted octanol–water partition coefficient (Wildman–Crippen LogP) is 5.46. The third kappa shape index (κ3) is 6.75. The van der Waals surface area contributed by atoms with Crippen LogP contribution >= 0.6 is 23.2 Å². The topological polar surface area (TPSA) is 94.9 Å². The molecule has 216 valence electrons. The lowest BCUT2D eigenvalue weighted by atomic mass is 9.83. The van der Waals surface area contributed by atoms with Crippen LogP contribution in [0, 0.1) is 11.8 Å². The predicted molar refractivity (Wildman–Crippen MR) is 159 cm³/mol. The molecule has 1 unspecified atom stereocenters. The monoisotopic (exact) mass is 596 g/mol.